The summed E-state index contributed by atoms with van der Waals surface area (Å²) < 4.78 is 2.73. The normalized spacial score (nSPS) is 11.2. The Morgan fingerprint density at radius 1 is 1.07 bits per heavy atom. The zero-order valence-electron chi connectivity index (χ0n) is 7.83. The molecule has 4 nitrogen and oxygen atoms in total. The number of hydrogen-bond donors (Lipinski definition) is 2. The first-order valence-corrected chi connectivity index (χ1v) is 4.61. The molecule has 0 spiro atoms. The summed E-state index contributed by atoms with van der Waals surface area (Å²) in [4.78, 5) is 0. The van der Waals surface area contributed by atoms with Crippen molar-refractivity contribution in [3.8, 4) is 5.75 Å². The minimum absolute atomic E-state index is 0.0520. The molecule has 3 aromatic rings. The predicted molar refractivity (Wildman–Crippen MR) is 53.9 cm³/mol. The van der Waals surface area contributed by atoms with Crippen LogP contribution in [0.1, 0.15) is 0 Å². The number of pyridine rings is 1. The average molecular weight is 201 g/mol. The molecule has 1 aromatic carbocycles. The lowest BCUT2D eigenvalue weighted by atomic mass is 10.3. The van der Waals surface area contributed by atoms with Gasteiger partial charge in [0, 0.05) is 0 Å². The maximum atomic E-state index is 9.87. The van der Waals surface area contributed by atoms with E-state index in [1.54, 1.807) is 28.8 Å². The summed E-state index contributed by atoms with van der Waals surface area (Å²) in [6.07, 6.45) is 1.80. The molecule has 74 valence electrons. The van der Waals surface area contributed by atoms with Crippen molar-refractivity contribution in [2.75, 3.05) is 0 Å². The zero-order chi connectivity index (χ0) is 10.4. The van der Waals surface area contributed by atoms with Crippen LogP contribution in [-0.4, -0.2) is 15.0 Å². The van der Waals surface area contributed by atoms with E-state index in [1.165, 1.54) is 0 Å². The lowest BCUT2D eigenvalue weighted by molar-refractivity contribution is -0.483. The Bertz CT molecular complexity index is 658. The molecule has 0 saturated heterocycles. The van der Waals surface area contributed by atoms with Crippen LogP contribution >= 0.6 is 0 Å². The second-order valence-corrected chi connectivity index (χ2v) is 3.39. The highest BCUT2D eigenvalue weighted by atomic mass is 16.5. The topological polar surface area (TPSA) is 49.5 Å². The van der Waals surface area contributed by atoms with Gasteiger partial charge in [-0.2, -0.15) is 4.40 Å². The quantitative estimate of drug-likeness (QED) is 0.425. The largest absolute Gasteiger partial charge is 0.501 e. The first-order chi connectivity index (χ1) is 7.29. The first kappa shape index (κ1) is 8.11. The third kappa shape index (κ3) is 0.929. The molecular formula is C11H9N2O2+. The van der Waals surface area contributed by atoms with Crippen molar-refractivity contribution in [2.24, 2.45) is 0 Å². The monoisotopic (exact) mass is 201 g/mol. The van der Waals surface area contributed by atoms with Gasteiger partial charge in [-0.3, -0.25) is 0 Å². The molecular weight excluding hydrogens is 192 g/mol. The number of nitrogens with zero attached hydrogens (tertiary/aromatic N) is 2. The Kier molecular flexibility index (Phi) is 1.42. The SMILES string of the molecule is Oc1ccc[n+]2c3ccccc3n(O)c12. The molecule has 0 aliphatic carbocycles. The van der Waals surface area contributed by atoms with Gasteiger partial charge in [0.2, 0.25) is 11.3 Å². The Hall–Kier alpha value is -2.23. The van der Waals surface area contributed by atoms with Gasteiger partial charge < -0.3 is 10.3 Å². The van der Waals surface area contributed by atoms with E-state index < -0.39 is 0 Å². The van der Waals surface area contributed by atoms with E-state index in [9.17, 15) is 10.3 Å². The fourth-order valence-corrected chi connectivity index (χ4v) is 1.85. The summed E-state index contributed by atoms with van der Waals surface area (Å²) >= 11 is 0. The summed E-state index contributed by atoms with van der Waals surface area (Å²) in [5.74, 6) is 0.0520. The Morgan fingerprint density at radius 3 is 2.73 bits per heavy atom. The molecule has 0 saturated carbocycles. The highest BCUT2D eigenvalue weighted by Crippen LogP contribution is 2.19. The number of rotatable bonds is 0. The molecule has 0 unspecified atom stereocenters. The second kappa shape index (κ2) is 2.63. The average Bonchev–Trinajstić information content (AvgIpc) is 2.55. The van der Waals surface area contributed by atoms with E-state index in [0.29, 0.717) is 11.2 Å². The van der Waals surface area contributed by atoms with E-state index in [-0.39, 0.29) is 5.75 Å². The molecule has 0 amide bonds. The standard InChI is InChI=1S/C11H8N2O2/c14-10-6-3-7-12-8-4-1-2-5-9(8)13(15)11(10)12/h1-7H,(H-,14,15)/p+1. The van der Waals surface area contributed by atoms with Gasteiger partial charge in [-0.25, -0.2) is 0 Å². The van der Waals surface area contributed by atoms with Crippen molar-refractivity contribution in [3.63, 3.8) is 0 Å². The molecule has 2 heterocycles. The molecule has 15 heavy (non-hydrogen) atoms. The Balaban J connectivity index is 2.69. The highest BCUT2D eigenvalue weighted by molar-refractivity contribution is 5.76. The minimum Gasteiger partial charge on any atom is -0.501 e. The number of fused-ring (bicyclic) bond motifs is 3. The molecule has 0 atom stereocenters. The molecule has 0 aliphatic heterocycles. The number of imidazole rings is 1. The van der Waals surface area contributed by atoms with Crippen LogP contribution in [0.5, 0.6) is 5.75 Å². The van der Waals surface area contributed by atoms with Gasteiger partial charge in [0.15, 0.2) is 5.52 Å². The summed E-state index contributed by atoms with van der Waals surface area (Å²) in [5.41, 5.74) is 1.89. The van der Waals surface area contributed by atoms with Crippen LogP contribution in [0.2, 0.25) is 0 Å². The van der Waals surface area contributed by atoms with Crippen LogP contribution in [0, 0.1) is 0 Å². The van der Waals surface area contributed by atoms with Gasteiger partial charge in [0.05, 0.1) is 6.20 Å². The molecule has 0 bridgehead atoms. The number of aromatic hydroxyl groups is 1. The maximum absolute atomic E-state index is 9.87. The van der Waals surface area contributed by atoms with Crippen molar-refractivity contribution in [2.45, 2.75) is 0 Å². The zero-order valence-corrected chi connectivity index (χ0v) is 7.83. The van der Waals surface area contributed by atoms with Gasteiger partial charge in [-0.05, 0) is 29.0 Å². The van der Waals surface area contributed by atoms with Crippen LogP contribution in [-0.2, 0) is 0 Å². The third-order valence-corrected chi connectivity index (χ3v) is 2.52. The lowest BCUT2D eigenvalue weighted by Gasteiger charge is -1.89. The van der Waals surface area contributed by atoms with E-state index in [1.807, 2.05) is 18.2 Å². The van der Waals surface area contributed by atoms with Crippen LogP contribution in [0.25, 0.3) is 16.7 Å². The van der Waals surface area contributed by atoms with Gasteiger partial charge in [0.1, 0.15) is 0 Å². The number of benzene rings is 1. The maximum Gasteiger partial charge on any atom is 0.368 e. The lowest BCUT2D eigenvalue weighted by Crippen LogP contribution is -2.19. The van der Waals surface area contributed by atoms with E-state index in [4.69, 9.17) is 0 Å². The molecule has 2 N–H and O–H groups in total. The molecule has 4 heteroatoms. The van der Waals surface area contributed by atoms with Gasteiger partial charge in [0.25, 0.3) is 0 Å². The number of para-hydroxylation sites is 2. The number of hydrogen-bond acceptors (Lipinski definition) is 2. The second-order valence-electron chi connectivity index (χ2n) is 3.39. The smallest absolute Gasteiger partial charge is 0.368 e. The van der Waals surface area contributed by atoms with Crippen LogP contribution in [0.3, 0.4) is 0 Å². The summed E-state index contributed by atoms with van der Waals surface area (Å²) in [6.45, 7) is 0. The third-order valence-electron chi connectivity index (χ3n) is 2.52. The van der Waals surface area contributed by atoms with Crippen molar-refractivity contribution >= 4 is 16.7 Å². The van der Waals surface area contributed by atoms with Gasteiger partial charge >= 0.3 is 5.65 Å². The van der Waals surface area contributed by atoms with Crippen LogP contribution in [0.15, 0.2) is 42.6 Å². The van der Waals surface area contributed by atoms with Crippen molar-refractivity contribution < 1.29 is 14.7 Å². The van der Waals surface area contributed by atoms with Crippen molar-refractivity contribution in [1.29, 1.82) is 0 Å². The summed E-state index contributed by atoms with van der Waals surface area (Å²) in [5, 5.41) is 19.5. The molecule has 0 fully saturated rings. The van der Waals surface area contributed by atoms with Crippen molar-refractivity contribution in [1.82, 2.24) is 4.73 Å². The molecule has 3 rings (SSSR count). The highest BCUT2D eigenvalue weighted by Gasteiger charge is 2.20. The fourth-order valence-electron chi connectivity index (χ4n) is 1.85. The van der Waals surface area contributed by atoms with Crippen molar-refractivity contribution in [3.05, 3.63) is 42.6 Å². The minimum atomic E-state index is 0.0520. The van der Waals surface area contributed by atoms with E-state index in [2.05, 4.69) is 0 Å². The Labute approximate surface area is 85.2 Å². The fraction of sp³-hybridized carbons (Fsp3) is 0. The summed E-state index contributed by atoms with van der Waals surface area (Å²) in [7, 11) is 0. The molecule has 0 radical (unpaired) electrons. The van der Waals surface area contributed by atoms with Crippen LogP contribution < -0.4 is 4.40 Å². The Morgan fingerprint density at radius 2 is 1.87 bits per heavy atom. The van der Waals surface area contributed by atoms with E-state index in [0.717, 1.165) is 10.2 Å². The predicted octanol–water partition coefficient (Wildman–Crippen LogP) is 1.32. The molecule has 2 aromatic heterocycles. The first-order valence-electron chi connectivity index (χ1n) is 4.61. The van der Waals surface area contributed by atoms with Gasteiger partial charge in [-0.1, -0.05) is 12.1 Å². The van der Waals surface area contributed by atoms with Crippen LogP contribution in [0.4, 0.5) is 0 Å². The van der Waals surface area contributed by atoms with Gasteiger partial charge in [-0.15, -0.1) is 0 Å². The number of aromatic nitrogens is 2. The summed E-state index contributed by atoms with van der Waals surface area (Å²) in [6, 6.07) is 10.7. The van der Waals surface area contributed by atoms with E-state index >= 15 is 0 Å². The molecule has 0 aliphatic rings.